The molecule has 1 atom stereocenters. The first-order valence-electron chi connectivity index (χ1n) is 8.88. The second-order valence-electron chi connectivity index (χ2n) is 6.15. The molecule has 1 amide bonds. The van der Waals surface area contributed by atoms with E-state index in [2.05, 4.69) is 5.32 Å². The zero-order valence-electron chi connectivity index (χ0n) is 15.2. The summed E-state index contributed by atoms with van der Waals surface area (Å²) in [6, 6.07) is 3.02. The molecule has 0 fully saturated rings. The molecule has 1 N–H and O–H groups in total. The summed E-state index contributed by atoms with van der Waals surface area (Å²) in [7, 11) is 0. The molecule has 0 saturated carbocycles. The first kappa shape index (κ1) is 19.2. The molecule has 0 bridgehead atoms. The van der Waals surface area contributed by atoms with E-state index in [1.165, 1.54) is 30.6 Å². The summed E-state index contributed by atoms with van der Waals surface area (Å²) < 4.78 is 15.3. The van der Waals surface area contributed by atoms with Crippen molar-refractivity contribution in [2.75, 3.05) is 11.9 Å². The van der Waals surface area contributed by atoms with Crippen LogP contribution in [-0.4, -0.2) is 30.6 Å². The molecule has 2 aromatic heterocycles. The van der Waals surface area contributed by atoms with Crippen LogP contribution in [0, 0.1) is 0 Å². The predicted octanol–water partition coefficient (Wildman–Crippen LogP) is 3.58. The monoisotopic (exact) mass is 391 g/mol. The van der Waals surface area contributed by atoms with Crippen molar-refractivity contribution in [3.63, 3.8) is 0 Å². The molecule has 0 unspecified atom stereocenters. The summed E-state index contributed by atoms with van der Waals surface area (Å²) in [5.74, 6) is -1.65. The van der Waals surface area contributed by atoms with Crippen molar-refractivity contribution in [1.29, 1.82) is 0 Å². The number of aryl methyl sites for hydroxylation is 1. The topological polar surface area (TPSA) is 94.8 Å². The van der Waals surface area contributed by atoms with Gasteiger partial charge in [0.05, 0.1) is 18.4 Å². The number of anilines is 1. The van der Waals surface area contributed by atoms with Gasteiger partial charge in [0.25, 0.3) is 5.91 Å². The van der Waals surface area contributed by atoms with E-state index >= 15 is 0 Å². The van der Waals surface area contributed by atoms with Gasteiger partial charge in [-0.05, 0) is 57.2 Å². The maximum Gasteiger partial charge on any atom is 0.374 e. The Morgan fingerprint density at radius 1 is 1.26 bits per heavy atom. The SMILES string of the molecule is CCOC(=O)c1c(NC(=O)[C@H](C)OC(=O)c2ccco2)sc2c1CCCC2. The molecule has 2 aromatic rings. The van der Waals surface area contributed by atoms with Crippen LogP contribution in [0.4, 0.5) is 5.00 Å². The van der Waals surface area contributed by atoms with E-state index in [1.54, 1.807) is 13.0 Å². The molecule has 27 heavy (non-hydrogen) atoms. The van der Waals surface area contributed by atoms with E-state index in [-0.39, 0.29) is 12.4 Å². The van der Waals surface area contributed by atoms with E-state index in [9.17, 15) is 14.4 Å². The van der Waals surface area contributed by atoms with Crippen LogP contribution in [0.5, 0.6) is 0 Å². The first-order chi connectivity index (χ1) is 13.0. The van der Waals surface area contributed by atoms with E-state index in [0.29, 0.717) is 10.6 Å². The number of hydrogen-bond acceptors (Lipinski definition) is 7. The first-order valence-corrected chi connectivity index (χ1v) is 9.70. The second kappa shape index (κ2) is 8.39. The van der Waals surface area contributed by atoms with Crippen LogP contribution in [0.15, 0.2) is 22.8 Å². The number of esters is 2. The van der Waals surface area contributed by atoms with Crippen LogP contribution in [0.3, 0.4) is 0 Å². The molecule has 2 heterocycles. The Morgan fingerprint density at radius 2 is 2.04 bits per heavy atom. The van der Waals surface area contributed by atoms with Crippen LogP contribution < -0.4 is 5.32 Å². The van der Waals surface area contributed by atoms with Crippen molar-refractivity contribution in [3.8, 4) is 0 Å². The number of hydrogen-bond donors (Lipinski definition) is 1. The van der Waals surface area contributed by atoms with E-state index in [0.717, 1.165) is 36.1 Å². The molecule has 0 radical (unpaired) electrons. The molecule has 7 nitrogen and oxygen atoms in total. The van der Waals surface area contributed by atoms with E-state index in [1.807, 2.05) is 0 Å². The lowest BCUT2D eigenvalue weighted by atomic mass is 9.95. The Hall–Kier alpha value is -2.61. The number of nitrogens with one attached hydrogen (secondary N) is 1. The van der Waals surface area contributed by atoms with Crippen LogP contribution in [0.1, 0.15) is 58.0 Å². The van der Waals surface area contributed by atoms with Gasteiger partial charge in [-0.15, -0.1) is 11.3 Å². The largest absolute Gasteiger partial charge is 0.462 e. The summed E-state index contributed by atoms with van der Waals surface area (Å²) in [6.45, 7) is 3.47. The number of rotatable bonds is 6. The number of ether oxygens (including phenoxy) is 2. The van der Waals surface area contributed by atoms with Crippen LogP contribution in [0.25, 0.3) is 0 Å². The molecular weight excluding hydrogens is 370 g/mol. The summed E-state index contributed by atoms with van der Waals surface area (Å²) >= 11 is 1.39. The Bertz CT molecular complexity index is 839. The fourth-order valence-electron chi connectivity index (χ4n) is 2.95. The van der Waals surface area contributed by atoms with Gasteiger partial charge in [0.1, 0.15) is 5.00 Å². The number of carbonyl (C=O) groups is 3. The Morgan fingerprint density at radius 3 is 2.74 bits per heavy atom. The van der Waals surface area contributed by atoms with Gasteiger partial charge in [-0.3, -0.25) is 4.79 Å². The molecule has 144 valence electrons. The van der Waals surface area contributed by atoms with Gasteiger partial charge in [0, 0.05) is 4.88 Å². The van der Waals surface area contributed by atoms with Crippen molar-refractivity contribution in [1.82, 2.24) is 0 Å². The molecular formula is C19H21NO6S. The minimum atomic E-state index is -1.04. The molecule has 0 aliphatic heterocycles. The van der Waals surface area contributed by atoms with Gasteiger partial charge in [-0.25, -0.2) is 9.59 Å². The van der Waals surface area contributed by atoms with Crippen molar-refractivity contribution >= 4 is 34.2 Å². The highest BCUT2D eigenvalue weighted by molar-refractivity contribution is 7.17. The molecule has 1 aliphatic carbocycles. The Kier molecular flexibility index (Phi) is 5.95. The molecule has 0 saturated heterocycles. The van der Waals surface area contributed by atoms with Gasteiger partial charge in [0.15, 0.2) is 6.10 Å². The van der Waals surface area contributed by atoms with E-state index in [4.69, 9.17) is 13.9 Å². The standard InChI is InChI=1S/C19H21NO6S/c1-3-24-19(23)15-12-7-4-5-9-14(12)27-17(15)20-16(21)11(2)26-18(22)13-8-6-10-25-13/h6,8,10-11H,3-5,7,9H2,1-2H3,(H,20,21)/t11-/m0/s1. The Labute approximate surface area is 160 Å². The normalized spacial score (nSPS) is 14.1. The van der Waals surface area contributed by atoms with Gasteiger partial charge in [-0.1, -0.05) is 0 Å². The predicted molar refractivity (Wildman–Crippen MR) is 99.1 cm³/mol. The van der Waals surface area contributed by atoms with Crippen LogP contribution in [-0.2, 0) is 27.1 Å². The third-order valence-electron chi connectivity index (χ3n) is 4.26. The summed E-state index contributed by atoms with van der Waals surface area (Å²) in [5, 5.41) is 3.18. The smallest absolute Gasteiger partial charge is 0.374 e. The molecule has 0 spiro atoms. The Balaban J connectivity index is 1.75. The number of amides is 1. The quantitative estimate of drug-likeness (QED) is 0.757. The second-order valence-corrected chi connectivity index (χ2v) is 7.25. The number of furan rings is 1. The van der Waals surface area contributed by atoms with Crippen molar-refractivity contribution in [3.05, 3.63) is 40.2 Å². The fraction of sp³-hybridized carbons (Fsp3) is 0.421. The zero-order valence-corrected chi connectivity index (χ0v) is 16.0. The van der Waals surface area contributed by atoms with Gasteiger partial charge in [-0.2, -0.15) is 0 Å². The molecule has 8 heteroatoms. The van der Waals surface area contributed by atoms with Crippen molar-refractivity contribution in [2.45, 2.75) is 45.6 Å². The van der Waals surface area contributed by atoms with Crippen LogP contribution >= 0.6 is 11.3 Å². The third kappa shape index (κ3) is 4.21. The zero-order chi connectivity index (χ0) is 19.4. The third-order valence-corrected chi connectivity index (χ3v) is 5.47. The molecule has 0 aromatic carbocycles. The van der Waals surface area contributed by atoms with Crippen LogP contribution in [0.2, 0.25) is 0 Å². The van der Waals surface area contributed by atoms with E-state index < -0.39 is 23.9 Å². The summed E-state index contributed by atoms with van der Waals surface area (Å²) in [6.07, 6.45) is 4.03. The average Bonchev–Trinajstić information content (AvgIpc) is 3.29. The minimum Gasteiger partial charge on any atom is -0.462 e. The highest BCUT2D eigenvalue weighted by atomic mass is 32.1. The minimum absolute atomic E-state index is 0.0217. The molecule has 1 aliphatic rings. The maximum atomic E-state index is 12.5. The van der Waals surface area contributed by atoms with Crippen molar-refractivity contribution in [2.24, 2.45) is 0 Å². The molecule has 3 rings (SSSR count). The van der Waals surface area contributed by atoms with Gasteiger partial charge < -0.3 is 19.2 Å². The maximum absolute atomic E-state index is 12.5. The lowest BCUT2D eigenvalue weighted by molar-refractivity contribution is -0.123. The number of fused-ring (bicyclic) bond motifs is 1. The summed E-state index contributed by atoms with van der Waals surface area (Å²) in [5.41, 5.74) is 1.38. The number of thiophene rings is 1. The fourth-order valence-corrected chi connectivity index (χ4v) is 4.23. The lowest BCUT2D eigenvalue weighted by Crippen LogP contribution is -2.30. The number of carbonyl (C=O) groups excluding carboxylic acids is 3. The average molecular weight is 391 g/mol. The highest BCUT2D eigenvalue weighted by Crippen LogP contribution is 2.38. The van der Waals surface area contributed by atoms with Crippen molar-refractivity contribution < 1.29 is 28.3 Å². The summed E-state index contributed by atoms with van der Waals surface area (Å²) in [4.78, 5) is 37.9. The van der Waals surface area contributed by atoms with Gasteiger partial charge >= 0.3 is 11.9 Å². The van der Waals surface area contributed by atoms with Gasteiger partial charge in [0.2, 0.25) is 5.76 Å². The highest BCUT2D eigenvalue weighted by Gasteiger charge is 2.29. The lowest BCUT2D eigenvalue weighted by Gasteiger charge is -2.14.